The summed E-state index contributed by atoms with van der Waals surface area (Å²) in [5.41, 5.74) is 4.55. The lowest BCUT2D eigenvalue weighted by molar-refractivity contribution is -0.120. The third-order valence-electron chi connectivity index (χ3n) is 4.37. The second-order valence-corrected chi connectivity index (χ2v) is 7.04. The second-order valence-electron chi connectivity index (χ2n) is 6.18. The van der Waals surface area contributed by atoms with Gasteiger partial charge in [-0.3, -0.25) is 4.79 Å². The van der Waals surface area contributed by atoms with Crippen LogP contribution in [-0.4, -0.2) is 10.9 Å². The first-order chi connectivity index (χ1) is 10.6. The van der Waals surface area contributed by atoms with E-state index in [0.29, 0.717) is 5.13 Å². The number of carbonyl (C=O) groups excluding carboxylic acids is 1. The summed E-state index contributed by atoms with van der Waals surface area (Å²) in [6.45, 7) is 4.19. The van der Waals surface area contributed by atoms with Gasteiger partial charge in [0, 0.05) is 16.9 Å². The number of nitrogens with one attached hydrogen (secondary N) is 1. The molecule has 0 radical (unpaired) electrons. The van der Waals surface area contributed by atoms with E-state index in [4.69, 9.17) is 0 Å². The van der Waals surface area contributed by atoms with Crippen molar-refractivity contribution < 1.29 is 4.79 Å². The van der Waals surface area contributed by atoms with Gasteiger partial charge < -0.3 is 5.32 Å². The zero-order valence-electron chi connectivity index (χ0n) is 13.2. The first-order valence-electron chi connectivity index (χ1n) is 7.97. The van der Waals surface area contributed by atoms with Crippen molar-refractivity contribution in [2.45, 2.75) is 46.0 Å². The Morgan fingerprint density at radius 2 is 2.00 bits per heavy atom. The highest BCUT2D eigenvalue weighted by atomic mass is 32.1. The number of hydrogen-bond donors (Lipinski definition) is 1. The molecule has 1 N–H and O–H groups in total. The number of nitrogens with zero attached hydrogens (tertiary/aromatic N) is 1. The van der Waals surface area contributed by atoms with Crippen LogP contribution in [0.5, 0.6) is 0 Å². The van der Waals surface area contributed by atoms with Crippen LogP contribution in [0.1, 0.15) is 43.2 Å². The lowest BCUT2D eigenvalue weighted by Gasteiger charge is -2.19. The van der Waals surface area contributed by atoms with Crippen molar-refractivity contribution in [3.8, 4) is 11.3 Å². The van der Waals surface area contributed by atoms with Crippen molar-refractivity contribution in [2.24, 2.45) is 5.92 Å². The quantitative estimate of drug-likeness (QED) is 0.871. The summed E-state index contributed by atoms with van der Waals surface area (Å²) in [5, 5.41) is 5.74. The van der Waals surface area contributed by atoms with Crippen molar-refractivity contribution >= 4 is 22.4 Å². The average molecular weight is 314 g/mol. The number of aryl methyl sites for hydroxylation is 2. The minimum Gasteiger partial charge on any atom is -0.302 e. The number of aromatic nitrogens is 1. The van der Waals surface area contributed by atoms with E-state index >= 15 is 0 Å². The van der Waals surface area contributed by atoms with Gasteiger partial charge >= 0.3 is 0 Å². The fraction of sp³-hybridized carbons (Fsp3) is 0.444. The molecule has 3 rings (SSSR count). The van der Waals surface area contributed by atoms with E-state index in [9.17, 15) is 4.79 Å². The topological polar surface area (TPSA) is 42.0 Å². The summed E-state index contributed by atoms with van der Waals surface area (Å²) in [6.07, 6.45) is 5.63. The molecule has 1 aromatic carbocycles. The second kappa shape index (κ2) is 6.61. The van der Waals surface area contributed by atoms with E-state index < -0.39 is 0 Å². The highest BCUT2D eigenvalue weighted by Gasteiger charge is 2.22. The Balaban J connectivity index is 1.72. The van der Waals surface area contributed by atoms with E-state index in [1.54, 1.807) is 0 Å². The molecule has 0 aliphatic heterocycles. The predicted molar refractivity (Wildman–Crippen MR) is 92.2 cm³/mol. The Hall–Kier alpha value is -1.68. The molecule has 1 amide bonds. The number of amides is 1. The van der Waals surface area contributed by atoms with Crippen LogP contribution in [0.4, 0.5) is 5.13 Å². The Kier molecular flexibility index (Phi) is 4.57. The molecule has 0 spiro atoms. The highest BCUT2D eigenvalue weighted by Crippen LogP contribution is 2.29. The summed E-state index contributed by atoms with van der Waals surface area (Å²) in [5.74, 6) is 0.309. The van der Waals surface area contributed by atoms with E-state index in [0.717, 1.165) is 24.1 Å². The number of anilines is 1. The molecule has 22 heavy (non-hydrogen) atoms. The van der Waals surface area contributed by atoms with Gasteiger partial charge in [0.25, 0.3) is 0 Å². The third kappa shape index (κ3) is 3.38. The normalized spacial score (nSPS) is 15.7. The Morgan fingerprint density at radius 3 is 2.73 bits per heavy atom. The van der Waals surface area contributed by atoms with Gasteiger partial charge in [-0.2, -0.15) is 0 Å². The van der Waals surface area contributed by atoms with Crippen molar-refractivity contribution in [1.82, 2.24) is 4.98 Å². The maximum Gasteiger partial charge on any atom is 0.229 e. The first kappa shape index (κ1) is 15.2. The zero-order chi connectivity index (χ0) is 15.5. The van der Waals surface area contributed by atoms with Crippen LogP contribution in [0.25, 0.3) is 11.3 Å². The van der Waals surface area contributed by atoms with Gasteiger partial charge in [-0.25, -0.2) is 4.98 Å². The van der Waals surface area contributed by atoms with Crippen LogP contribution >= 0.6 is 11.3 Å². The molecule has 1 aliphatic carbocycles. The summed E-state index contributed by atoms with van der Waals surface area (Å²) >= 11 is 1.51. The Morgan fingerprint density at radius 1 is 1.23 bits per heavy atom. The lowest BCUT2D eigenvalue weighted by atomic mass is 9.89. The molecule has 1 fully saturated rings. The molecular weight excluding hydrogens is 292 g/mol. The molecule has 3 nitrogen and oxygen atoms in total. The van der Waals surface area contributed by atoms with Gasteiger partial charge in [0.2, 0.25) is 5.91 Å². The van der Waals surface area contributed by atoms with Gasteiger partial charge in [0.1, 0.15) is 0 Å². The first-order valence-corrected chi connectivity index (χ1v) is 8.85. The third-order valence-corrected chi connectivity index (χ3v) is 5.13. The number of hydrogen-bond acceptors (Lipinski definition) is 3. The largest absolute Gasteiger partial charge is 0.302 e. The van der Waals surface area contributed by atoms with Crippen molar-refractivity contribution in [3.63, 3.8) is 0 Å². The van der Waals surface area contributed by atoms with Crippen LogP contribution in [0.2, 0.25) is 0 Å². The summed E-state index contributed by atoms with van der Waals surface area (Å²) < 4.78 is 0. The fourth-order valence-electron chi connectivity index (χ4n) is 3.13. The molecule has 1 aliphatic rings. The van der Waals surface area contributed by atoms with E-state index in [-0.39, 0.29) is 11.8 Å². The van der Waals surface area contributed by atoms with Crippen LogP contribution in [0.15, 0.2) is 23.6 Å². The molecule has 0 unspecified atom stereocenters. The minimum absolute atomic E-state index is 0.140. The summed E-state index contributed by atoms with van der Waals surface area (Å²) in [6, 6.07) is 6.36. The summed E-state index contributed by atoms with van der Waals surface area (Å²) in [4.78, 5) is 16.9. The van der Waals surface area contributed by atoms with Crippen molar-refractivity contribution in [3.05, 3.63) is 34.7 Å². The highest BCUT2D eigenvalue weighted by molar-refractivity contribution is 7.14. The van der Waals surface area contributed by atoms with Gasteiger partial charge in [0.05, 0.1) is 5.69 Å². The van der Waals surface area contributed by atoms with Crippen molar-refractivity contribution in [2.75, 3.05) is 5.32 Å². The van der Waals surface area contributed by atoms with Crippen molar-refractivity contribution in [1.29, 1.82) is 0 Å². The standard InChI is InChI=1S/C18H22N2OS/c1-12-8-9-15(13(2)10-12)16-11-22-18(19-16)20-17(21)14-6-4-3-5-7-14/h8-11,14H,3-7H2,1-2H3,(H,19,20,21). The smallest absolute Gasteiger partial charge is 0.229 e. The molecule has 4 heteroatoms. The monoisotopic (exact) mass is 314 g/mol. The molecule has 1 heterocycles. The van der Waals surface area contributed by atoms with E-state index in [2.05, 4.69) is 42.3 Å². The van der Waals surface area contributed by atoms with Gasteiger partial charge in [-0.05, 0) is 32.3 Å². The van der Waals surface area contributed by atoms with Crippen LogP contribution in [0, 0.1) is 19.8 Å². The number of carbonyl (C=O) groups is 1. The maximum atomic E-state index is 12.3. The number of benzene rings is 1. The molecule has 116 valence electrons. The van der Waals surface area contributed by atoms with Crippen LogP contribution < -0.4 is 5.32 Å². The van der Waals surface area contributed by atoms with Crippen LogP contribution in [0.3, 0.4) is 0 Å². The molecule has 1 saturated carbocycles. The molecule has 2 aromatic rings. The molecular formula is C18H22N2OS. The van der Waals surface area contributed by atoms with Crippen LogP contribution in [-0.2, 0) is 4.79 Å². The fourth-order valence-corrected chi connectivity index (χ4v) is 3.84. The SMILES string of the molecule is Cc1ccc(-c2csc(NC(=O)C3CCCCC3)n2)c(C)c1. The van der Waals surface area contributed by atoms with Gasteiger partial charge in [-0.15, -0.1) is 11.3 Å². The maximum absolute atomic E-state index is 12.3. The summed E-state index contributed by atoms with van der Waals surface area (Å²) in [7, 11) is 0. The average Bonchev–Trinajstić information content (AvgIpc) is 2.96. The van der Waals surface area contributed by atoms with Gasteiger partial charge in [-0.1, -0.05) is 43.0 Å². The van der Waals surface area contributed by atoms with E-state index in [1.165, 1.54) is 41.7 Å². The minimum atomic E-state index is 0.140. The molecule has 0 bridgehead atoms. The van der Waals surface area contributed by atoms with E-state index in [1.807, 2.05) is 5.38 Å². The lowest BCUT2D eigenvalue weighted by Crippen LogP contribution is -2.24. The number of rotatable bonds is 3. The predicted octanol–water partition coefficient (Wildman–Crippen LogP) is 4.95. The van der Waals surface area contributed by atoms with Gasteiger partial charge in [0.15, 0.2) is 5.13 Å². The molecule has 0 saturated heterocycles. The number of thiazole rings is 1. The molecule has 0 atom stereocenters. The zero-order valence-corrected chi connectivity index (χ0v) is 14.0. The molecule has 1 aromatic heterocycles. The Labute approximate surface area is 135 Å². The Bertz CT molecular complexity index is 671.